The van der Waals surface area contributed by atoms with Crippen LogP contribution in [0, 0.1) is 12.8 Å². The molecule has 4 rings (SSSR count). The molecule has 9 nitrogen and oxygen atoms in total. The topological polar surface area (TPSA) is 113 Å². The summed E-state index contributed by atoms with van der Waals surface area (Å²) in [6.07, 6.45) is 3.91. The van der Waals surface area contributed by atoms with E-state index >= 15 is 0 Å². The first-order chi connectivity index (χ1) is 14.5. The number of amides is 2. The van der Waals surface area contributed by atoms with Crippen LogP contribution in [-0.2, 0) is 11.3 Å². The van der Waals surface area contributed by atoms with Crippen LogP contribution in [-0.4, -0.2) is 52.2 Å². The van der Waals surface area contributed by atoms with Gasteiger partial charge in [-0.3, -0.25) is 9.59 Å². The number of nitrogens with one attached hydrogen (secondary N) is 2. The summed E-state index contributed by atoms with van der Waals surface area (Å²) < 4.78 is 9.93. The second-order valence-electron chi connectivity index (χ2n) is 7.65. The number of aromatic nitrogens is 3. The molecule has 1 aliphatic rings. The Morgan fingerprint density at radius 2 is 2.23 bits per heavy atom. The summed E-state index contributed by atoms with van der Waals surface area (Å²) in [5.41, 5.74) is 2.81. The van der Waals surface area contributed by atoms with E-state index in [9.17, 15) is 9.59 Å². The van der Waals surface area contributed by atoms with Crippen LogP contribution >= 0.6 is 0 Å². The average molecular weight is 411 g/mol. The fraction of sp³-hybridized carbons (Fsp3) is 0.429. The summed E-state index contributed by atoms with van der Waals surface area (Å²) in [6.45, 7) is 3.33. The molecule has 2 N–H and O–H groups in total. The van der Waals surface area contributed by atoms with Gasteiger partial charge in [-0.1, -0.05) is 10.3 Å². The highest BCUT2D eigenvalue weighted by Gasteiger charge is 2.27. The number of rotatable bonds is 6. The Morgan fingerprint density at radius 1 is 1.37 bits per heavy atom. The van der Waals surface area contributed by atoms with Crippen molar-refractivity contribution in [1.29, 1.82) is 0 Å². The molecule has 1 aromatic carbocycles. The zero-order valence-electron chi connectivity index (χ0n) is 17.1. The van der Waals surface area contributed by atoms with Gasteiger partial charge in [-0.05, 0) is 43.9 Å². The number of piperidine rings is 1. The summed E-state index contributed by atoms with van der Waals surface area (Å²) in [7, 11) is 1.61. The van der Waals surface area contributed by atoms with Gasteiger partial charge >= 0.3 is 0 Å². The number of H-pyrrole nitrogens is 1. The van der Waals surface area contributed by atoms with Crippen molar-refractivity contribution in [2.24, 2.45) is 5.92 Å². The average Bonchev–Trinajstić information content (AvgIpc) is 3.37. The van der Waals surface area contributed by atoms with Gasteiger partial charge in [-0.25, -0.2) is 4.63 Å². The second-order valence-corrected chi connectivity index (χ2v) is 7.65. The fourth-order valence-corrected chi connectivity index (χ4v) is 3.92. The minimum absolute atomic E-state index is 0.0242. The van der Waals surface area contributed by atoms with Crippen LogP contribution in [0.5, 0.6) is 5.75 Å². The second kappa shape index (κ2) is 8.56. The van der Waals surface area contributed by atoms with E-state index in [0.717, 1.165) is 23.7 Å². The van der Waals surface area contributed by atoms with Crippen LogP contribution in [0.2, 0.25) is 0 Å². The maximum atomic E-state index is 13.2. The first-order valence-corrected chi connectivity index (χ1v) is 10.0. The van der Waals surface area contributed by atoms with E-state index in [-0.39, 0.29) is 17.7 Å². The molecule has 0 unspecified atom stereocenters. The largest absolute Gasteiger partial charge is 0.497 e. The molecule has 1 aliphatic heterocycles. The number of benzene rings is 1. The lowest BCUT2D eigenvalue weighted by Crippen LogP contribution is -2.41. The van der Waals surface area contributed by atoms with E-state index in [0.29, 0.717) is 48.8 Å². The van der Waals surface area contributed by atoms with Crippen molar-refractivity contribution < 1.29 is 19.0 Å². The Hall–Kier alpha value is -3.36. The van der Waals surface area contributed by atoms with E-state index in [4.69, 9.17) is 4.74 Å². The number of likely N-dealkylation sites (tertiary alicyclic amines) is 1. The van der Waals surface area contributed by atoms with Crippen molar-refractivity contribution >= 4 is 22.7 Å². The molecular formula is C21H25N5O4. The molecule has 1 saturated heterocycles. The van der Waals surface area contributed by atoms with Crippen LogP contribution in [0.1, 0.15) is 41.0 Å². The molecule has 2 aromatic heterocycles. The Kier molecular flexibility index (Phi) is 5.69. The highest BCUT2D eigenvalue weighted by molar-refractivity contribution is 6.07. The molecule has 9 heteroatoms. The molecule has 30 heavy (non-hydrogen) atoms. The van der Waals surface area contributed by atoms with Crippen molar-refractivity contribution in [2.75, 3.05) is 20.2 Å². The van der Waals surface area contributed by atoms with Crippen LogP contribution < -0.4 is 10.1 Å². The molecular weight excluding hydrogens is 386 g/mol. The summed E-state index contributed by atoms with van der Waals surface area (Å²) in [5, 5.41) is 11.2. The number of nitrogens with zero attached hydrogens (tertiary/aromatic N) is 3. The minimum atomic E-state index is -0.0615. The van der Waals surface area contributed by atoms with Gasteiger partial charge in [0.2, 0.25) is 5.91 Å². The van der Waals surface area contributed by atoms with Crippen molar-refractivity contribution in [3.63, 3.8) is 0 Å². The lowest BCUT2D eigenvalue weighted by atomic mass is 9.94. The number of hydrogen-bond donors (Lipinski definition) is 2. The Labute approximate surface area is 173 Å². The molecule has 1 atom stereocenters. The lowest BCUT2D eigenvalue weighted by molar-refractivity contribution is -0.122. The molecule has 2 amide bonds. The van der Waals surface area contributed by atoms with E-state index in [1.807, 2.05) is 23.1 Å². The summed E-state index contributed by atoms with van der Waals surface area (Å²) in [4.78, 5) is 30.5. The van der Waals surface area contributed by atoms with Crippen molar-refractivity contribution in [3.8, 4) is 5.75 Å². The number of ether oxygens (including phenoxy) is 1. The number of aryl methyl sites for hydroxylation is 1. The quantitative estimate of drug-likeness (QED) is 0.644. The fourth-order valence-electron chi connectivity index (χ4n) is 3.92. The molecule has 1 fully saturated rings. The highest BCUT2D eigenvalue weighted by atomic mass is 16.6. The van der Waals surface area contributed by atoms with Crippen molar-refractivity contribution in [3.05, 3.63) is 41.3 Å². The van der Waals surface area contributed by atoms with E-state index < -0.39 is 0 Å². The Bertz CT molecular complexity index is 1060. The lowest BCUT2D eigenvalue weighted by Gasteiger charge is -2.32. The monoisotopic (exact) mass is 411 g/mol. The third kappa shape index (κ3) is 4.14. The molecule has 0 aliphatic carbocycles. The number of fused-ring (bicyclic) bond motifs is 1. The van der Waals surface area contributed by atoms with Gasteiger partial charge in [0, 0.05) is 36.6 Å². The van der Waals surface area contributed by atoms with E-state index in [1.165, 1.54) is 0 Å². The zero-order chi connectivity index (χ0) is 21.1. The number of carbonyl (C=O) groups is 2. The summed E-state index contributed by atoms with van der Waals surface area (Å²) in [6, 6.07) is 5.63. The molecule has 0 radical (unpaired) electrons. The summed E-state index contributed by atoms with van der Waals surface area (Å²) in [5.74, 6) is 0.748. The standard InChI is InChI=1S/C21H25N5O4/c1-13-19(25-30-24-13)11-23-20(27)8-14-4-3-7-26(12-14)21(28)17-10-22-18-6-5-15(29-2)9-16(17)18/h5-6,9-10,14,22H,3-4,7-8,11-12H2,1-2H3,(H,23,27)/t14-/m0/s1. The van der Waals surface area contributed by atoms with Crippen LogP contribution in [0.3, 0.4) is 0 Å². The Morgan fingerprint density at radius 3 is 3.00 bits per heavy atom. The maximum absolute atomic E-state index is 13.2. The molecule has 0 saturated carbocycles. The third-order valence-electron chi connectivity index (χ3n) is 5.60. The number of hydrogen-bond acceptors (Lipinski definition) is 6. The smallest absolute Gasteiger partial charge is 0.256 e. The van der Waals surface area contributed by atoms with Gasteiger partial charge in [0.15, 0.2) is 0 Å². The van der Waals surface area contributed by atoms with Crippen LogP contribution in [0.15, 0.2) is 29.0 Å². The predicted octanol–water partition coefficient (Wildman–Crippen LogP) is 2.43. The SMILES string of the molecule is COc1ccc2[nH]cc(C(=O)N3CCC[C@@H](CC(=O)NCc4nonc4C)C3)c2c1. The van der Waals surface area contributed by atoms with Crippen molar-refractivity contribution in [2.45, 2.75) is 32.7 Å². The van der Waals surface area contributed by atoms with Gasteiger partial charge < -0.3 is 19.9 Å². The van der Waals surface area contributed by atoms with E-state index in [2.05, 4.69) is 25.2 Å². The molecule has 158 valence electrons. The van der Waals surface area contributed by atoms with Crippen molar-refractivity contribution in [1.82, 2.24) is 25.5 Å². The van der Waals surface area contributed by atoms with Gasteiger partial charge in [-0.2, -0.15) is 0 Å². The first-order valence-electron chi connectivity index (χ1n) is 10.0. The number of carbonyl (C=O) groups excluding carboxylic acids is 2. The minimum Gasteiger partial charge on any atom is -0.497 e. The maximum Gasteiger partial charge on any atom is 0.256 e. The molecule has 3 heterocycles. The number of aromatic amines is 1. The predicted molar refractivity (Wildman–Crippen MR) is 109 cm³/mol. The molecule has 0 bridgehead atoms. The van der Waals surface area contributed by atoms with E-state index in [1.54, 1.807) is 20.2 Å². The van der Waals surface area contributed by atoms with Gasteiger partial charge in [0.05, 0.1) is 19.2 Å². The molecule has 3 aromatic rings. The normalized spacial score (nSPS) is 16.6. The van der Waals surface area contributed by atoms with Gasteiger partial charge in [0.25, 0.3) is 5.91 Å². The Balaban J connectivity index is 1.38. The van der Waals surface area contributed by atoms with Gasteiger partial charge in [0.1, 0.15) is 17.1 Å². The number of methoxy groups -OCH3 is 1. The van der Waals surface area contributed by atoms with Crippen LogP contribution in [0.4, 0.5) is 0 Å². The van der Waals surface area contributed by atoms with Gasteiger partial charge in [-0.15, -0.1) is 0 Å². The zero-order valence-corrected chi connectivity index (χ0v) is 17.1. The summed E-state index contributed by atoms with van der Waals surface area (Å²) >= 11 is 0. The molecule has 0 spiro atoms. The highest BCUT2D eigenvalue weighted by Crippen LogP contribution is 2.27. The van der Waals surface area contributed by atoms with Crippen LogP contribution in [0.25, 0.3) is 10.9 Å². The third-order valence-corrected chi connectivity index (χ3v) is 5.60. The first kappa shape index (κ1) is 19.9.